The van der Waals surface area contributed by atoms with Gasteiger partial charge in [0.1, 0.15) is 0 Å². The molecule has 0 spiro atoms. The number of ether oxygens (including phenoxy) is 1. The molecule has 1 heterocycles. The molecule has 0 saturated carbocycles. The van der Waals surface area contributed by atoms with Crippen LogP contribution in [0.3, 0.4) is 0 Å². The lowest BCUT2D eigenvalue weighted by Crippen LogP contribution is -2.20. The summed E-state index contributed by atoms with van der Waals surface area (Å²) in [6.45, 7) is 7.74. The number of aromatic nitrogens is 1. The van der Waals surface area contributed by atoms with Crippen molar-refractivity contribution in [1.29, 1.82) is 0 Å². The third kappa shape index (κ3) is 5.20. The van der Waals surface area contributed by atoms with Crippen LogP contribution in [0.15, 0.2) is 47.5 Å². The maximum atomic E-state index is 12.6. The fourth-order valence-electron chi connectivity index (χ4n) is 3.12. The SMILES string of the molecule is CCOCCn1c(=NC(=O)Cc2ccc(C(C)C)cc2)sc2cc([N+](=O)[O-])ccc21. The standard InChI is InChI=1S/C22H25N3O4S/c1-4-29-12-11-24-19-10-9-18(25(27)28)14-20(19)30-22(24)23-21(26)13-16-5-7-17(8-6-16)15(2)3/h5-10,14-15H,4,11-13H2,1-3H3. The minimum absolute atomic E-state index is 0.0174. The Bertz CT molecular complexity index is 1110. The van der Waals surface area contributed by atoms with Gasteiger partial charge in [0.15, 0.2) is 4.80 Å². The zero-order chi connectivity index (χ0) is 21.7. The first-order chi connectivity index (χ1) is 14.4. The average molecular weight is 428 g/mol. The Hall–Kier alpha value is -2.84. The molecule has 0 atom stereocenters. The fraction of sp³-hybridized carbons (Fsp3) is 0.364. The van der Waals surface area contributed by atoms with Gasteiger partial charge in [0.25, 0.3) is 11.6 Å². The molecular weight excluding hydrogens is 402 g/mol. The number of carbonyl (C=O) groups excluding carboxylic acids is 1. The normalized spacial score (nSPS) is 12.1. The molecule has 1 aromatic heterocycles. The predicted molar refractivity (Wildman–Crippen MR) is 118 cm³/mol. The topological polar surface area (TPSA) is 86.7 Å². The summed E-state index contributed by atoms with van der Waals surface area (Å²) in [5.74, 6) is 0.185. The summed E-state index contributed by atoms with van der Waals surface area (Å²) in [6.07, 6.45) is 0.207. The summed E-state index contributed by atoms with van der Waals surface area (Å²) in [7, 11) is 0. The number of nitro benzene ring substituents is 1. The molecule has 0 bridgehead atoms. The van der Waals surface area contributed by atoms with Gasteiger partial charge in [-0.25, -0.2) is 0 Å². The van der Waals surface area contributed by atoms with E-state index in [9.17, 15) is 14.9 Å². The van der Waals surface area contributed by atoms with Gasteiger partial charge in [0, 0.05) is 25.3 Å². The first-order valence-electron chi connectivity index (χ1n) is 9.91. The first-order valence-corrected chi connectivity index (χ1v) is 10.7. The lowest BCUT2D eigenvalue weighted by Gasteiger charge is -2.06. The lowest BCUT2D eigenvalue weighted by molar-refractivity contribution is -0.384. The second-order valence-electron chi connectivity index (χ2n) is 7.22. The maximum Gasteiger partial charge on any atom is 0.270 e. The minimum atomic E-state index is -0.424. The van der Waals surface area contributed by atoms with Crippen LogP contribution in [0.1, 0.15) is 37.8 Å². The van der Waals surface area contributed by atoms with E-state index in [4.69, 9.17) is 4.74 Å². The molecule has 0 aliphatic rings. The summed E-state index contributed by atoms with van der Waals surface area (Å²) < 4.78 is 8.06. The Morgan fingerprint density at radius 3 is 2.60 bits per heavy atom. The van der Waals surface area contributed by atoms with Crippen LogP contribution in [0.25, 0.3) is 10.2 Å². The highest BCUT2D eigenvalue weighted by atomic mass is 32.1. The van der Waals surface area contributed by atoms with Crippen LogP contribution in [-0.4, -0.2) is 28.6 Å². The van der Waals surface area contributed by atoms with Gasteiger partial charge in [0.2, 0.25) is 0 Å². The van der Waals surface area contributed by atoms with Crippen molar-refractivity contribution in [2.45, 2.75) is 39.7 Å². The molecule has 30 heavy (non-hydrogen) atoms. The van der Waals surface area contributed by atoms with Crippen LogP contribution in [0.2, 0.25) is 0 Å². The van der Waals surface area contributed by atoms with Gasteiger partial charge in [0.05, 0.1) is 28.2 Å². The van der Waals surface area contributed by atoms with E-state index in [1.165, 1.54) is 29.0 Å². The van der Waals surface area contributed by atoms with Crippen molar-refractivity contribution >= 4 is 33.1 Å². The van der Waals surface area contributed by atoms with Crippen molar-refractivity contribution < 1.29 is 14.5 Å². The summed E-state index contributed by atoms with van der Waals surface area (Å²) in [5, 5.41) is 11.1. The number of nitrogens with zero attached hydrogens (tertiary/aromatic N) is 3. The Morgan fingerprint density at radius 2 is 1.97 bits per heavy atom. The zero-order valence-corrected chi connectivity index (χ0v) is 18.1. The van der Waals surface area contributed by atoms with Crippen LogP contribution in [-0.2, 0) is 22.5 Å². The van der Waals surface area contributed by atoms with Gasteiger partial charge in [-0.3, -0.25) is 14.9 Å². The third-order valence-corrected chi connectivity index (χ3v) is 5.80. The van der Waals surface area contributed by atoms with E-state index in [0.717, 1.165) is 11.1 Å². The number of thiazole rings is 1. The van der Waals surface area contributed by atoms with E-state index in [1.54, 1.807) is 6.07 Å². The van der Waals surface area contributed by atoms with E-state index in [0.29, 0.717) is 35.2 Å². The number of nitro groups is 1. The van der Waals surface area contributed by atoms with E-state index in [-0.39, 0.29) is 18.0 Å². The monoisotopic (exact) mass is 427 g/mol. The predicted octanol–water partition coefficient (Wildman–Crippen LogP) is 4.44. The zero-order valence-electron chi connectivity index (χ0n) is 17.3. The molecule has 7 nitrogen and oxygen atoms in total. The summed E-state index contributed by atoms with van der Waals surface area (Å²) in [5.41, 5.74) is 2.95. The minimum Gasteiger partial charge on any atom is -0.380 e. The molecule has 158 valence electrons. The second-order valence-corrected chi connectivity index (χ2v) is 8.23. The van der Waals surface area contributed by atoms with Gasteiger partial charge in [-0.2, -0.15) is 4.99 Å². The number of non-ortho nitro benzene ring substituents is 1. The van der Waals surface area contributed by atoms with Crippen LogP contribution >= 0.6 is 11.3 Å². The first kappa shape index (κ1) is 21.9. The Balaban J connectivity index is 1.92. The van der Waals surface area contributed by atoms with Crippen molar-refractivity contribution in [3.63, 3.8) is 0 Å². The molecule has 0 saturated heterocycles. The molecule has 0 radical (unpaired) electrons. The largest absolute Gasteiger partial charge is 0.380 e. The average Bonchev–Trinajstić information content (AvgIpc) is 3.04. The van der Waals surface area contributed by atoms with Crippen LogP contribution in [0.5, 0.6) is 0 Å². The Kier molecular flexibility index (Phi) is 7.12. The van der Waals surface area contributed by atoms with Gasteiger partial charge in [-0.15, -0.1) is 0 Å². The fourth-order valence-corrected chi connectivity index (χ4v) is 4.22. The number of fused-ring (bicyclic) bond motifs is 1. The number of rotatable bonds is 8. The van der Waals surface area contributed by atoms with Gasteiger partial charge in [-0.05, 0) is 30.0 Å². The van der Waals surface area contributed by atoms with Crippen LogP contribution < -0.4 is 4.80 Å². The number of amides is 1. The molecule has 1 amide bonds. The highest BCUT2D eigenvalue weighted by molar-refractivity contribution is 7.16. The van der Waals surface area contributed by atoms with Gasteiger partial charge >= 0.3 is 0 Å². The van der Waals surface area contributed by atoms with Crippen molar-refractivity contribution in [3.05, 3.63) is 68.5 Å². The molecule has 0 N–H and O–H groups in total. The highest BCUT2D eigenvalue weighted by Gasteiger charge is 2.13. The van der Waals surface area contributed by atoms with Gasteiger partial charge < -0.3 is 9.30 Å². The Labute approximate surface area is 178 Å². The van der Waals surface area contributed by atoms with Crippen LogP contribution in [0, 0.1) is 10.1 Å². The number of carbonyl (C=O) groups is 1. The third-order valence-electron chi connectivity index (χ3n) is 4.76. The van der Waals surface area contributed by atoms with Crippen molar-refractivity contribution in [2.24, 2.45) is 4.99 Å². The summed E-state index contributed by atoms with van der Waals surface area (Å²) in [4.78, 5) is 28.1. The molecule has 0 aliphatic carbocycles. The molecule has 2 aromatic carbocycles. The van der Waals surface area contributed by atoms with Gasteiger partial charge in [-0.1, -0.05) is 49.4 Å². The van der Waals surface area contributed by atoms with Crippen LogP contribution in [0.4, 0.5) is 5.69 Å². The second kappa shape index (κ2) is 9.77. The molecule has 0 fully saturated rings. The van der Waals surface area contributed by atoms with Crippen molar-refractivity contribution in [2.75, 3.05) is 13.2 Å². The quantitative estimate of drug-likeness (QED) is 0.302. The molecule has 8 heteroatoms. The summed E-state index contributed by atoms with van der Waals surface area (Å²) in [6, 6.07) is 12.7. The Morgan fingerprint density at radius 1 is 1.23 bits per heavy atom. The highest BCUT2D eigenvalue weighted by Crippen LogP contribution is 2.23. The number of hydrogen-bond acceptors (Lipinski definition) is 5. The van der Waals surface area contributed by atoms with E-state index in [2.05, 4.69) is 18.8 Å². The summed E-state index contributed by atoms with van der Waals surface area (Å²) >= 11 is 1.27. The molecule has 3 rings (SSSR count). The molecule has 0 aliphatic heterocycles. The molecule has 3 aromatic rings. The van der Waals surface area contributed by atoms with Crippen molar-refractivity contribution in [1.82, 2.24) is 4.57 Å². The molecule has 0 unspecified atom stereocenters. The van der Waals surface area contributed by atoms with Crippen molar-refractivity contribution in [3.8, 4) is 0 Å². The van der Waals surface area contributed by atoms with E-state index >= 15 is 0 Å². The maximum absolute atomic E-state index is 12.6. The van der Waals surface area contributed by atoms with E-state index in [1.807, 2.05) is 35.8 Å². The lowest BCUT2D eigenvalue weighted by atomic mass is 10.0. The number of benzene rings is 2. The van der Waals surface area contributed by atoms with E-state index < -0.39 is 4.92 Å². The number of hydrogen-bond donors (Lipinski definition) is 0. The molecular formula is C22H25N3O4S. The smallest absolute Gasteiger partial charge is 0.270 e.